The number of aromatic nitrogens is 3. The standard InChI is InChI=1S/C14H25N5O2/c1-4-8-15-11-16-12(18-13(17-11)21-5-2)19-9-6-14(3,20)7-10-19/h20H,4-10H2,1-3H3,(H,15,16,17,18). The normalized spacial score (nSPS) is 17.6. The van der Waals surface area contributed by atoms with Crippen LogP contribution in [0.5, 0.6) is 6.01 Å². The summed E-state index contributed by atoms with van der Waals surface area (Å²) in [4.78, 5) is 15.1. The van der Waals surface area contributed by atoms with Crippen LogP contribution in [-0.4, -0.2) is 51.9 Å². The Morgan fingerprint density at radius 3 is 2.57 bits per heavy atom. The van der Waals surface area contributed by atoms with E-state index in [4.69, 9.17) is 4.74 Å². The molecule has 1 saturated heterocycles. The van der Waals surface area contributed by atoms with Gasteiger partial charge in [0.05, 0.1) is 12.2 Å². The van der Waals surface area contributed by atoms with Gasteiger partial charge in [-0.1, -0.05) is 6.92 Å². The molecule has 7 heteroatoms. The molecule has 0 unspecified atom stereocenters. The molecule has 2 heterocycles. The number of anilines is 2. The maximum absolute atomic E-state index is 10.0. The summed E-state index contributed by atoms with van der Waals surface area (Å²) in [5.74, 6) is 1.16. The van der Waals surface area contributed by atoms with Crippen molar-refractivity contribution in [1.29, 1.82) is 0 Å². The van der Waals surface area contributed by atoms with Gasteiger partial charge in [-0.25, -0.2) is 0 Å². The predicted octanol–water partition coefficient (Wildman–Crippen LogP) is 1.44. The Hall–Kier alpha value is -1.63. The van der Waals surface area contributed by atoms with Crippen molar-refractivity contribution >= 4 is 11.9 Å². The molecule has 0 bridgehead atoms. The summed E-state index contributed by atoms with van der Waals surface area (Å²) < 4.78 is 5.42. The maximum atomic E-state index is 10.0. The van der Waals surface area contributed by atoms with Gasteiger partial charge in [-0.2, -0.15) is 15.0 Å². The summed E-state index contributed by atoms with van der Waals surface area (Å²) in [5, 5.41) is 13.2. The lowest BCUT2D eigenvalue weighted by atomic mass is 9.94. The van der Waals surface area contributed by atoms with E-state index in [1.54, 1.807) is 0 Å². The summed E-state index contributed by atoms with van der Waals surface area (Å²) in [6.45, 7) is 8.66. The summed E-state index contributed by atoms with van der Waals surface area (Å²) in [5.41, 5.74) is -0.588. The third kappa shape index (κ3) is 4.42. The van der Waals surface area contributed by atoms with E-state index in [0.717, 1.165) is 26.1 Å². The number of hydrogen-bond acceptors (Lipinski definition) is 7. The van der Waals surface area contributed by atoms with Crippen molar-refractivity contribution in [3.63, 3.8) is 0 Å². The van der Waals surface area contributed by atoms with E-state index in [2.05, 4.69) is 32.1 Å². The summed E-state index contributed by atoms with van der Waals surface area (Å²) >= 11 is 0. The quantitative estimate of drug-likeness (QED) is 0.821. The predicted molar refractivity (Wildman–Crippen MR) is 81.8 cm³/mol. The molecule has 1 aromatic heterocycles. The molecule has 2 N–H and O–H groups in total. The minimum Gasteiger partial charge on any atom is -0.464 e. The van der Waals surface area contributed by atoms with Crippen molar-refractivity contribution < 1.29 is 9.84 Å². The molecule has 0 spiro atoms. The molecule has 0 radical (unpaired) electrons. The summed E-state index contributed by atoms with van der Waals surface area (Å²) in [6, 6.07) is 0.346. The van der Waals surface area contributed by atoms with Gasteiger partial charge in [-0.3, -0.25) is 0 Å². The molecule has 0 amide bonds. The van der Waals surface area contributed by atoms with Gasteiger partial charge in [-0.05, 0) is 33.1 Å². The number of piperidine rings is 1. The van der Waals surface area contributed by atoms with E-state index in [-0.39, 0.29) is 0 Å². The molecule has 0 aliphatic carbocycles. The van der Waals surface area contributed by atoms with Gasteiger partial charge in [0.25, 0.3) is 0 Å². The highest BCUT2D eigenvalue weighted by Crippen LogP contribution is 2.25. The first-order valence-corrected chi connectivity index (χ1v) is 7.64. The molecular formula is C14H25N5O2. The molecule has 1 fully saturated rings. The summed E-state index contributed by atoms with van der Waals surface area (Å²) in [6.07, 6.45) is 2.41. The van der Waals surface area contributed by atoms with E-state index in [9.17, 15) is 5.11 Å². The van der Waals surface area contributed by atoms with Crippen molar-refractivity contribution in [2.24, 2.45) is 0 Å². The molecule has 0 aromatic carbocycles. The average Bonchev–Trinajstić information content (AvgIpc) is 2.45. The number of nitrogens with zero attached hydrogens (tertiary/aromatic N) is 4. The Bertz CT molecular complexity index is 457. The minimum atomic E-state index is -0.588. The van der Waals surface area contributed by atoms with Gasteiger partial charge in [0.2, 0.25) is 11.9 Å². The van der Waals surface area contributed by atoms with Crippen LogP contribution in [-0.2, 0) is 0 Å². The second-order valence-corrected chi connectivity index (χ2v) is 5.59. The fourth-order valence-corrected chi connectivity index (χ4v) is 2.19. The molecule has 118 valence electrons. The third-order valence-corrected chi connectivity index (χ3v) is 3.53. The fraction of sp³-hybridized carbons (Fsp3) is 0.786. The zero-order valence-corrected chi connectivity index (χ0v) is 13.1. The van der Waals surface area contributed by atoms with Gasteiger partial charge < -0.3 is 20.1 Å². The molecule has 7 nitrogen and oxygen atoms in total. The minimum absolute atomic E-state index is 0.346. The first-order chi connectivity index (χ1) is 10.0. The third-order valence-electron chi connectivity index (χ3n) is 3.53. The van der Waals surface area contributed by atoms with Crippen LogP contribution in [0.25, 0.3) is 0 Å². The number of hydrogen-bond donors (Lipinski definition) is 2. The molecule has 2 rings (SSSR count). The topological polar surface area (TPSA) is 83.4 Å². The fourth-order valence-electron chi connectivity index (χ4n) is 2.19. The Labute approximate surface area is 125 Å². The van der Waals surface area contributed by atoms with Crippen molar-refractivity contribution in [2.45, 2.75) is 45.6 Å². The van der Waals surface area contributed by atoms with Gasteiger partial charge in [0, 0.05) is 19.6 Å². The molecule has 1 aliphatic heterocycles. The number of nitrogens with one attached hydrogen (secondary N) is 1. The Balaban J connectivity index is 2.15. The molecule has 0 saturated carbocycles. The van der Waals surface area contributed by atoms with Gasteiger partial charge in [0.15, 0.2) is 0 Å². The van der Waals surface area contributed by atoms with Gasteiger partial charge in [-0.15, -0.1) is 0 Å². The lowest BCUT2D eigenvalue weighted by molar-refractivity contribution is 0.0348. The highest BCUT2D eigenvalue weighted by atomic mass is 16.5. The highest BCUT2D eigenvalue weighted by Gasteiger charge is 2.29. The number of aliphatic hydroxyl groups is 1. The molecule has 1 aromatic rings. The maximum Gasteiger partial charge on any atom is 0.323 e. The SMILES string of the molecule is CCCNc1nc(OCC)nc(N2CCC(C)(O)CC2)n1. The molecular weight excluding hydrogens is 270 g/mol. The Morgan fingerprint density at radius 1 is 1.24 bits per heavy atom. The van der Waals surface area contributed by atoms with E-state index in [1.807, 2.05) is 13.8 Å². The zero-order valence-electron chi connectivity index (χ0n) is 13.1. The zero-order chi connectivity index (χ0) is 15.3. The van der Waals surface area contributed by atoms with Crippen LogP contribution in [0.4, 0.5) is 11.9 Å². The van der Waals surface area contributed by atoms with E-state index >= 15 is 0 Å². The average molecular weight is 295 g/mol. The largest absolute Gasteiger partial charge is 0.464 e. The Kier molecular flexibility index (Phi) is 5.17. The van der Waals surface area contributed by atoms with Crippen molar-refractivity contribution in [1.82, 2.24) is 15.0 Å². The van der Waals surface area contributed by atoms with E-state index in [1.165, 1.54) is 0 Å². The van der Waals surface area contributed by atoms with Crippen LogP contribution < -0.4 is 15.0 Å². The lowest BCUT2D eigenvalue weighted by Crippen LogP contribution is -2.43. The van der Waals surface area contributed by atoms with Crippen LogP contribution >= 0.6 is 0 Å². The molecule has 0 atom stereocenters. The van der Waals surface area contributed by atoms with Crippen LogP contribution in [0.3, 0.4) is 0 Å². The second kappa shape index (κ2) is 6.89. The van der Waals surface area contributed by atoms with Crippen molar-refractivity contribution in [3.05, 3.63) is 0 Å². The Morgan fingerprint density at radius 2 is 1.95 bits per heavy atom. The molecule has 21 heavy (non-hydrogen) atoms. The highest BCUT2D eigenvalue weighted by molar-refractivity contribution is 5.39. The monoisotopic (exact) mass is 295 g/mol. The van der Waals surface area contributed by atoms with Crippen LogP contribution in [0, 0.1) is 0 Å². The van der Waals surface area contributed by atoms with Crippen molar-refractivity contribution in [2.75, 3.05) is 36.5 Å². The number of rotatable bonds is 6. The van der Waals surface area contributed by atoms with Crippen LogP contribution in [0.15, 0.2) is 0 Å². The second-order valence-electron chi connectivity index (χ2n) is 5.59. The molecule has 1 aliphatic rings. The first-order valence-electron chi connectivity index (χ1n) is 7.64. The van der Waals surface area contributed by atoms with Crippen LogP contribution in [0.1, 0.15) is 40.0 Å². The van der Waals surface area contributed by atoms with Crippen molar-refractivity contribution in [3.8, 4) is 6.01 Å². The smallest absolute Gasteiger partial charge is 0.323 e. The lowest BCUT2D eigenvalue weighted by Gasteiger charge is -2.35. The number of ether oxygens (including phenoxy) is 1. The first kappa shape index (κ1) is 15.8. The summed E-state index contributed by atoms with van der Waals surface area (Å²) in [7, 11) is 0. The van der Waals surface area contributed by atoms with Gasteiger partial charge in [0.1, 0.15) is 0 Å². The van der Waals surface area contributed by atoms with Crippen LogP contribution in [0.2, 0.25) is 0 Å². The van der Waals surface area contributed by atoms with E-state index in [0.29, 0.717) is 37.4 Å². The van der Waals surface area contributed by atoms with Gasteiger partial charge >= 0.3 is 6.01 Å². The van der Waals surface area contributed by atoms with E-state index < -0.39 is 5.60 Å².